The third-order valence-corrected chi connectivity index (χ3v) is 3.41. The van der Waals surface area contributed by atoms with Crippen molar-refractivity contribution in [3.05, 3.63) is 88.1 Å². The van der Waals surface area contributed by atoms with Gasteiger partial charge in [-0.2, -0.15) is 5.10 Å². The van der Waals surface area contributed by atoms with E-state index in [9.17, 15) is 9.59 Å². The van der Waals surface area contributed by atoms with E-state index >= 15 is 0 Å². The van der Waals surface area contributed by atoms with Crippen molar-refractivity contribution < 1.29 is 4.79 Å². The highest BCUT2D eigenvalue weighted by atomic mass is 16.1. The van der Waals surface area contributed by atoms with Crippen LogP contribution in [0.2, 0.25) is 0 Å². The van der Waals surface area contributed by atoms with Crippen molar-refractivity contribution in [2.24, 2.45) is 0 Å². The number of aromatic nitrogens is 3. The summed E-state index contributed by atoms with van der Waals surface area (Å²) < 4.78 is 3.39. The zero-order valence-electron chi connectivity index (χ0n) is 11.9. The first-order chi connectivity index (χ1) is 10.7. The summed E-state index contributed by atoms with van der Waals surface area (Å²) in [6.45, 7) is 1.16. The minimum Gasteiger partial charge on any atom is -0.311 e. The van der Waals surface area contributed by atoms with Crippen molar-refractivity contribution in [1.82, 2.24) is 14.3 Å². The average Bonchev–Trinajstić information content (AvgIpc) is 2.99. The Morgan fingerprint density at radius 2 is 1.73 bits per heavy atom. The molecule has 3 aromatic rings. The van der Waals surface area contributed by atoms with Gasteiger partial charge in [-0.15, -0.1) is 0 Å². The number of hydrogen-bond acceptors (Lipinski definition) is 3. The molecule has 0 aliphatic carbocycles. The number of carbonyl (C=O) groups excluding carboxylic acids is 1. The maximum atomic E-state index is 11.7. The van der Waals surface area contributed by atoms with Crippen molar-refractivity contribution in [2.45, 2.75) is 13.1 Å². The first-order valence-electron chi connectivity index (χ1n) is 6.95. The number of hydrogen-bond donors (Lipinski definition) is 0. The van der Waals surface area contributed by atoms with Gasteiger partial charge in [0.05, 0.1) is 24.8 Å². The molecule has 2 heterocycles. The van der Waals surface area contributed by atoms with Gasteiger partial charge >= 0.3 is 0 Å². The Labute approximate surface area is 127 Å². The maximum Gasteiger partial charge on any atom is 0.250 e. The van der Waals surface area contributed by atoms with E-state index in [1.807, 2.05) is 30.3 Å². The molecule has 3 rings (SSSR count). The second-order valence-corrected chi connectivity index (χ2v) is 5.07. The first kappa shape index (κ1) is 14.0. The number of benzene rings is 1. The zero-order valence-corrected chi connectivity index (χ0v) is 11.9. The highest BCUT2D eigenvalue weighted by molar-refractivity contribution is 5.73. The summed E-state index contributed by atoms with van der Waals surface area (Å²) in [5, 5.41) is 4.12. The lowest BCUT2D eigenvalue weighted by molar-refractivity contribution is 0.112. The Kier molecular flexibility index (Phi) is 3.96. The van der Waals surface area contributed by atoms with E-state index in [0.29, 0.717) is 18.7 Å². The van der Waals surface area contributed by atoms with Gasteiger partial charge < -0.3 is 4.57 Å². The Morgan fingerprint density at radius 3 is 2.36 bits per heavy atom. The van der Waals surface area contributed by atoms with Crippen LogP contribution >= 0.6 is 0 Å². The largest absolute Gasteiger partial charge is 0.311 e. The third kappa shape index (κ3) is 3.20. The molecule has 0 fully saturated rings. The quantitative estimate of drug-likeness (QED) is 0.676. The van der Waals surface area contributed by atoms with Crippen LogP contribution in [0, 0.1) is 0 Å². The fraction of sp³-hybridized carbons (Fsp3) is 0.118. The molecule has 0 saturated heterocycles. The molecular weight excluding hydrogens is 278 g/mol. The summed E-state index contributed by atoms with van der Waals surface area (Å²) >= 11 is 0. The van der Waals surface area contributed by atoms with Crippen LogP contribution in [-0.4, -0.2) is 20.6 Å². The highest BCUT2D eigenvalue weighted by Gasteiger charge is 2.01. The van der Waals surface area contributed by atoms with Crippen molar-refractivity contribution in [3.63, 3.8) is 0 Å². The van der Waals surface area contributed by atoms with Gasteiger partial charge in [-0.25, -0.2) is 0 Å². The maximum absolute atomic E-state index is 11.7. The van der Waals surface area contributed by atoms with Crippen LogP contribution in [0.5, 0.6) is 0 Å². The standard InChI is InChI=1S/C17H15N3O2/c21-13-16-9-18-20(12-16)11-15-6-4-14(5-7-15)10-19-8-2-1-3-17(19)22/h1-9,12-13H,10-11H2. The molecule has 0 bridgehead atoms. The van der Waals surface area contributed by atoms with Gasteiger partial charge in [0.25, 0.3) is 5.56 Å². The van der Waals surface area contributed by atoms with E-state index in [1.54, 1.807) is 40.0 Å². The summed E-state index contributed by atoms with van der Waals surface area (Å²) in [4.78, 5) is 22.3. The molecule has 0 saturated carbocycles. The Bertz CT molecular complexity index is 831. The summed E-state index contributed by atoms with van der Waals surface area (Å²) in [5.41, 5.74) is 2.71. The molecule has 0 amide bonds. The summed E-state index contributed by atoms with van der Waals surface area (Å²) in [6.07, 6.45) is 5.82. The van der Waals surface area contributed by atoms with Crippen molar-refractivity contribution in [3.8, 4) is 0 Å². The molecular formula is C17H15N3O2. The molecule has 0 atom stereocenters. The SMILES string of the molecule is O=Cc1cnn(Cc2ccc(Cn3ccccc3=O)cc2)c1. The van der Waals surface area contributed by atoms with Gasteiger partial charge in [0.1, 0.15) is 0 Å². The van der Waals surface area contributed by atoms with Crippen LogP contribution in [0.15, 0.2) is 65.8 Å². The number of aldehydes is 1. The molecule has 1 aromatic carbocycles. The lowest BCUT2D eigenvalue weighted by Crippen LogP contribution is -2.18. The predicted octanol–water partition coefficient (Wildman–Crippen LogP) is 1.95. The van der Waals surface area contributed by atoms with Crippen LogP contribution in [-0.2, 0) is 13.1 Å². The summed E-state index contributed by atoms with van der Waals surface area (Å²) in [6, 6.07) is 13.1. The monoisotopic (exact) mass is 293 g/mol. The van der Waals surface area contributed by atoms with E-state index < -0.39 is 0 Å². The number of carbonyl (C=O) groups is 1. The summed E-state index contributed by atoms with van der Waals surface area (Å²) in [5.74, 6) is 0. The molecule has 2 aromatic heterocycles. The smallest absolute Gasteiger partial charge is 0.250 e. The van der Waals surface area contributed by atoms with Gasteiger partial charge in [0.2, 0.25) is 0 Å². The number of rotatable bonds is 5. The molecule has 0 aliphatic rings. The van der Waals surface area contributed by atoms with Crippen LogP contribution in [0.25, 0.3) is 0 Å². The summed E-state index contributed by atoms with van der Waals surface area (Å²) in [7, 11) is 0. The average molecular weight is 293 g/mol. The van der Waals surface area contributed by atoms with Gasteiger partial charge in [0, 0.05) is 18.5 Å². The molecule has 0 N–H and O–H groups in total. The van der Waals surface area contributed by atoms with E-state index in [-0.39, 0.29) is 5.56 Å². The molecule has 0 aliphatic heterocycles. The van der Waals surface area contributed by atoms with Crippen LogP contribution in [0.3, 0.4) is 0 Å². The molecule has 0 spiro atoms. The van der Waals surface area contributed by atoms with Crippen molar-refractivity contribution in [1.29, 1.82) is 0 Å². The van der Waals surface area contributed by atoms with Crippen molar-refractivity contribution >= 4 is 6.29 Å². The zero-order chi connectivity index (χ0) is 15.4. The number of pyridine rings is 1. The van der Waals surface area contributed by atoms with Crippen LogP contribution < -0.4 is 5.56 Å². The second kappa shape index (κ2) is 6.22. The normalized spacial score (nSPS) is 10.5. The minimum absolute atomic E-state index is 0.00971. The van der Waals surface area contributed by atoms with Crippen molar-refractivity contribution in [2.75, 3.05) is 0 Å². The molecule has 22 heavy (non-hydrogen) atoms. The lowest BCUT2D eigenvalue weighted by atomic mass is 10.1. The number of nitrogens with zero attached hydrogens (tertiary/aromatic N) is 3. The topological polar surface area (TPSA) is 56.9 Å². The van der Waals surface area contributed by atoms with E-state index in [2.05, 4.69) is 5.10 Å². The lowest BCUT2D eigenvalue weighted by Gasteiger charge is -2.07. The van der Waals surface area contributed by atoms with Gasteiger partial charge in [-0.1, -0.05) is 30.3 Å². The first-order valence-corrected chi connectivity index (χ1v) is 6.95. The minimum atomic E-state index is -0.00971. The molecule has 5 nitrogen and oxygen atoms in total. The van der Waals surface area contributed by atoms with Crippen LogP contribution in [0.4, 0.5) is 0 Å². The Balaban J connectivity index is 1.71. The Hall–Kier alpha value is -2.95. The second-order valence-electron chi connectivity index (χ2n) is 5.07. The van der Waals surface area contributed by atoms with Gasteiger partial charge in [-0.3, -0.25) is 14.3 Å². The van der Waals surface area contributed by atoms with Crippen LogP contribution in [0.1, 0.15) is 21.5 Å². The molecule has 0 radical (unpaired) electrons. The fourth-order valence-electron chi connectivity index (χ4n) is 2.25. The van der Waals surface area contributed by atoms with E-state index in [1.165, 1.54) is 0 Å². The molecule has 5 heteroatoms. The third-order valence-electron chi connectivity index (χ3n) is 3.41. The van der Waals surface area contributed by atoms with E-state index in [4.69, 9.17) is 0 Å². The highest BCUT2D eigenvalue weighted by Crippen LogP contribution is 2.08. The Morgan fingerprint density at radius 1 is 1.00 bits per heavy atom. The van der Waals surface area contributed by atoms with Gasteiger partial charge in [-0.05, 0) is 17.2 Å². The predicted molar refractivity (Wildman–Crippen MR) is 83.0 cm³/mol. The van der Waals surface area contributed by atoms with E-state index in [0.717, 1.165) is 17.4 Å². The molecule has 0 unspecified atom stereocenters. The van der Waals surface area contributed by atoms with Gasteiger partial charge in [0.15, 0.2) is 6.29 Å². The molecule has 110 valence electrons. The fourth-order valence-corrected chi connectivity index (χ4v) is 2.25.